The van der Waals surface area contributed by atoms with Crippen molar-refractivity contribution in [2.24, 2.45) is 0 Å². The van der Waals surface area contributed by atoms with E-state index >= 15 is 0 Å². The lowest BCUT2D eigenvalue weighted by molar-refractivity contribution is -0.118. The molecule has 0 saturated heterocycles. The van der Waals surface area contributed by atoms with E-state index in [4.69, 9.17) is 19.2 Å². The third kappa shape index (κ3) is 6.03. The first-order valence-electron chi connectivity index (χ1n) is 11.6. The largest absolute Gasteiger partial charge is 0.497 e. The summed E-state index contributed by atoms with van der Waals surface area (Å²) in [6.07, 6.45) is 0.225. The molecule has 0 aliphatic carbocycles. The number of aromatic nitrogens is 1. The van der Waals surface area contributed by atoms with Gasteiger partial charge in [-0.3, -0.25) is 9.69 Å². The molecule has 0 aliphatic rings. The molecule has 37 heavy (non-hydrogen) atoms. The molecule has 4 rings (SSSR count). The summed E-state index contributed by atoms with van der Waals surface area (Å²) in [6, 6.07) is 19.4. The zero-order valence-electron chi connectivity index (χ0n) is 20.8. The topological polar surface area (TPSA) is 95.0 Å². The minimum atomic E-state index is -3.54. The van der Waals surface area contributed by atoms with Crippen LogP contribution in [0.3, 0.4) is 0 Å². The van der Waals surface area contributed by atoms with Crippen LogP contribution in [0.4, 0.5) is 5.13 Å². The maximum absolute atomic E-state index is 13.5. The maximum atomic E-state index is 13.5. The second kappa shape index (κ2) is 11.6. The smallest absolute Gasteiger partial charge is 0.229 e. The van der Waals surface area contributed by atoms with Crippen molar-refractivity contribution in [1.29, 1.82) is 0 Å². The third-order valence-corrected chi connectivity index (χ3v) is 8.75. The molecular formula is C27H28N2O6S2. The number of fused-ring (bicyclic) bond motifs is 1. The highest BCUT2D eigenvalue weighted by Gasteiger charge is 2.24. The molecule has 0 bridgehead atoms. The molecule has 0 N–H and O–H groups in total. The van der Waals surface area contributed by atoms with E-state index in [1.165, 1.54) is 30.6 Å². The van der Waals surface area contributed by atoms with Crippen LogP contribution in [0.25, 0.3) is 10.2 Å². The number of thiazole rings is 1. The van der Waals surface area contributed by atoms with Crippen molar-refractivity contribution in [3.05, 3.63) is 72.3 Å². The summed E-state index contributed by atoms with van der Waals surface area (Å²) in [7, 11) is 1.13. The molecule has 0 fully saturated rings. The second-order valence-corrected chi connectivity index (χ2v) is 11.3. The van der Waals surface area contributed by atoms with E-state index in [0.29, 0.717) is 34.4 Å². The molecule has 0 atom stereocenters. The average molecular weight is 541 g/mol. The van der Waals surface area contributed by atoms with Gasteiger partial charge in [-0.2, -0.15) is 0 Å². The van der Waals surface area contributed by atoms with Crippen LogP contribution in [-0.2, 0) is 21.2 Å². The molecule has 4 aromatic rings. The Morgan fingerprint density at radius 1 is 0.892 bits per heavy atom. The van der Waals surface area contributed by atoms with Crippen LogP contribution in [0.5, 0.6) is 17.2 Å². The molecule has 1 amide bonds. The Morgan fingerprint density at radius 3 is 2.22 bits per heavy atom. The van der Waals surface area contributed by atoms with Crippen molar-refractivity contribution >= 4 is 42.4 Å². The van der Waals surface area contributed by atoms with Gasteiger partial charge in [-0.1, -0.05) is 41.7 Å². The molecule has 0 radical (unpaired) electrons. The van der Waals surface area contributed by atoms with Crippen LogP contribution >= 0.6 is 11.3 Å². The van der Waals surface area contributed by atoms with Gasteiger partial charge < -0.3 is 14.2 Å². The number of hydrogen-bond donors (Lipinski definition) is 0. The van der Waals surface area contributed by atoms with Gasteiger partial charge in [-0.05, 0) is 48.4 Å². The van der Waals surface area contributed by atoms with Crippen LogP contribution < -0.4 is 19.1 Å². The fourth-order valence-corrected chi connectivity index (χ4v) is 6.27. The lowest BCUT2D eigenvalue weighted by Crippen LogP contribution is -2.30. The van der Waals surface area contributed by atoms with E-state index in [0.717, 1.165) is 10.3 Å². The van der Waals surface area contributed by atoms with Gasteiger partial charge in [-0.15, -0.1) is 0 Å². The van der Waals surface area contributed by atoms with Crippen molar-refractivity contribution in [2.45, 2.75) is 24.3 Å². The van der Waals surface area contributed by atoms with Gasteiger partial charge in [0.15, 0.2) is 15.0 Å². The maximum Gasteiger partial charge on any atom is 0.229 e. The number of carbonyl (C=O) groups excluding carboxylic acids is 1. The first kappa shape index (κ1) is 26.4. The van der Waals surface area contributed by atoms with Gasteiger partial charge in [0.2, 0.25) is 5.91 Å². The number of anilines is 1. The van der Waals surface area contributed by atoms with E-state index in [1.54, 1.807) is 43.4 Å². The summed E-state index contributed by atoms with van der Waals surface area (Å²) in [6.45, 7) is 0.301. The second-order valence-electron chi connectivity index (χ2n) is 8.21. The van der Waals surface area contributed by atoms with E-state index in [-0.39, 0.29) is 29.4 Å². The molecule has 3 aromatic carbocycles. The SMILES string of the molecule is COc1ccc(S(=O)(=O)CCCC(=O)N(Cc2ccccc2)c2nc3c(OC)ccc(OC)c3s2)cc1. The standard InChI is InChI=1S/C27H28N2O6S2/c1-33-20-11-13-21(14-12-20)37(31,32)17-7-10-24(30)29(18-19-8-5-4-6-9-19)27-28-25-22(34-2)15-16-23(35-3)26(25)36-27/h4-6,8-9,11-16H,7,10,17-18H2,1-3H3. The van der Waals surface area contributed by atoms with Crippen LogP contribution in [0, 0.1) is 0 Å². The molecule has 0 aliphatic heterocycles. The monoisotopic (exact) mass is 540 g/mol. The van der Waals surface area contributed by atoms with E-state index in [9.17, 15) is 13.2 Å². The van der Waals surface area contributed by atoms with Gasteiger partial charge in [0, 0.05) is 6.42 Å². The van der Waals surface area contributed by atoms with E-state index < -0.39 is 9.84 Å². The molecule has 1 heterocycles. The Bertz CT molecular complexity index is 1430. The van der Waals surface area contributed by atoms with Gasteiger partial charge >= 0.3 is 0 Å². The Balaban J connectivity index is 1.57. The molecule has 0 spiro atoms. The van der Waals surface area contributed by atoms with Crippen LogP contribution in [-0.4, -0.2) is 46.4 Å². The molecule has 10 heteroatoms. The first-order valence-corrected chi connectivity index (χ1v) is 14.1. The molecule has 1 aromatic heterocycles. The van der Waals surface area contributed by atoms with Gasteiger partial charge in [0.1, 0.15) is 27.5 Å². The summed E-state index contributed by atoms with van der Waals surface area (Å²) in [4.78, 5) is 20.0. The lowest BCUT2D eigenvalue weighted by Gasteiger charge is -2.20. The Labute approximate surface area is 220 Å². The fraction of sp³-hybridized carbons (Fsp3) is 0.259. The third-order valence-electron chi connectivity index (χ3n) is 5.84. The number of benzene rings is 3. The Morgan fingerprint density at radius 2 is 1.57 bits per heavy atom. The first-order chi connectivity index (χ1) is 17.9. The number of sulfone groups is 1. The number of carbonyl (C=O) groups is 1. The molecule has 0 unspecified atom stereocenters. The molecule has 8 nitrogen and oxygen atoms in total. The highest BCUT2D eigenvalue weighted by atomic mass is 32.2. The molecule has 194 valence electrons. The predicted molar refractivity (Wildman–Crippen MR) is 145 cm³/mol. The van der Waals surface area contributed by atoms with Gasteiger partial charge in [0.05, 0.1) is 38.5 Å². The molecular weight excluding hydrogens is 512 g/mol. The van der Waals surface area contributed by atoms with Gasteiger partial charge in [-0.25, -0.2) is 13.4 Å². The van der Waals surface area contributed by atoms with Gasteiger partial charge in [0.25, 0.3) is 0 Å². The number of methoxy groups -OCH3 is 3. The van der Waals surface area contributed by atoms with Crippen molar-refractivity contribution in [2.75, 3.05) is 32.0 Å². The summed E-state index contributed by atoms with van der Waals surface area (Å²) in [5, 5.41) is 0.490. The molecule has 0 saturated carbocycles. The van der Waals surface area contributed by atoms with Crippen molar-refractivity contribution in [3.8, 4) is 17.2 Å². The Kier molecular flexibility index (Phi) is 8.30. The van der Waals surface area contributed by atoms with Crippen LogP contribution in [0.2, 0.25) is 0 Å². The van der Waals surface area contributed by atoms with Crippen LogP contribution in [0.15, 0.2) is 71.6 Å². The van der Waals surface area contributed by atoms with Crippen molar-refractivity contribution in [1.82, 2.24) is 4.98 Å². The zero-order chi connectivity index (χ0) is 26.4. The Hall–Kier alpha value is -3.63. The highest BCUT2D eigenvalue weighted by molar-refractivity contribution is 7.91. The van der Waals surface area contributed by atoms with E-state index in [2.05, 4.69) is 0 Å². The van der Waals surface area contributed by atoms with Crippen molar-refractivity contribution < 1.29 is 27.4 Å². The lowest BCUT2D eigenvalue weighted by atomic mass is 10.2. The number of amides is 1. The number of rotatable bonds is 11. The highest BCUT2D eigenvalue weighted by Crippen LogP contribution is 2.40. The normalized spacial score (nSPS) is 11.3. The predicted octanol–water partition coefficient (Wildman–Crippen LogP) is 5.11. The fourth-order valence-electron chi connectivity index (χ4n) is 3.87. The van der Waals surface area contributed by atoms with Crippen molar-refractivity contribution in [3.63, 3.8) is 0 Å². The number of hydrogen-bond acceptors (Lipinski definition) is 8. The van der Waals surface area contributed by atoms with E-state index in [1.807, 2.05) is 30.3 Å². The summed E-state index contributed by atoms with van der Waals surface area (Å²) < 4.78 is 42.4. The average Bonchev–Trinajstić information content (AvgIpc) is 3.37. The minimum Gasteiger partial charge on any atom is -0.497 e. The zero-order valence-corrected chi connectivity index (χ0v) is 22.5. The van der Waals surface area contributed by atoms with Crippen LogP contribution in [0.1, 0.15) is 18.4 Å². The number of nitrogens with zero attached hydrogens (tertiary/aromatic N) is 2. The quantitative estimate of drug-likeness (QED) is 0.261. The summed E-state index contributed by atoms with van der Waals surface area (Å²) >= 11 is 1.33. The minimum absolute atomic E-state index is 0.0480. The number of ether oxygens (including phenoxy) is 3. The summed E-state index contributed by atoms with van der Waals surface area (Å²) in [5.74, 6) is 1.43. The summed E-state index contributed by atoms with van der Waals surface area (Å²) in [5.41, 5.74) is 1.54.